The minimum absolute atomic E-state index is 0.150. The molecule has 0 radical (unpaired) electrons. The first-order chi connectivity index (χ1) is 15.1. The summed E-state index contributed by atoms with van der Waals surface area (Å²) in [5.74, 6) is -0.150. The van der Waals surface area contributed by atoms with E-state index in [0.717, 1.165) is 37.3 Å². The third kappa shape index (κ3) is 5.09. The first-order valence-electron chi connectivity index (χ1n) is 10.6. The maximum atomic E-state index is 14.4. The number of hydrogen-bond acceptors (Lipinski definition) is 3. The summed E-state index contributed by atoms with van der Waals surface area (Å²) < 4.78 is 18.7. The predicted octanol–water partition coefficient (Wildman–Crippen LogP) is 4.92. The molecule has 0 saturated carbocycles. The Morgan fingerprint density at radius 3 is 2.55 bits per heavy atom. The van der Waals surface area contributed by atoms with Crippen molar-refractivity contribution in [2.75, 3.05) is 6.54 Å². The molecule has 3 heterocycles. The molecule has 0 aliphatic carbocycles. The highest BCUT2D eigenvalue weighted by molar-refractivity contribution is 5.39. The van der Waals surface area contributed by atoms with E-state index >= 15 is 0 Å². The van der Waals surface area contributed by atoms with Gasteiger partial charge in [0, 0.05) is 61.7 Å². The zero-order chi connectivity index (χ0) is 21.6. The van der Waals surface area contributed by atoms with E-state index in [1.165, 1.54) is 23.0 Å². The summed E-state index contributed by atoms with van der Waals surface area (Å²) in [7, 11) is 0. The van der Waals surface area contributed by atoms with Gasteiger partial charge in [0.1, 0.15) is 5.82 Å². The number of benzene rings is 1. The van der Waals surface area contributed by atoms with Crippen molar-refractivity contribution in [1.29, 1.82) is 0 Å². The molecule has 31 heavy (non-hydrogen) atoms. The van der Waals surface area contributed by atoms with Crippen molar-refractivity contribution in [2.45, 2.75) is 39.9 Å². The van der Waals surface area contributed by atoms with E-state index in [1.54, 1.807) is 18.5 Å². The molecule has 0 saturated heterocycles. The standard InChI is InChI=1S/C25H28FN5/c1-20-15-23(21(2)31(20)24-8-5-10-27-16-24)18-30(13-6-12-29-14-11-28-19-29)17-22-7-3-4-9-25(22)26/h3-5,7-11,14-16,19H,6,12-13,17-18H2,1-2H3. The molecule has 0 spiro atoms. The number of hydrogen-bond donors (Lipinski definition) is 0. The van der Waals surface area contributed by atoms with Crippen molar-refractivity contribution in [3.63, 3.8) is 0 Å². The molecule has 0 amide bonds. The number of aromatic nitrogens is 4. The smallest absolute Gasteiger partial charge is 0.127 e. The van der Waals surface area contributed by atoms with Crippen molar-refractivity contribution >= 4 is 0 Å². The Bertz CT molecular complexity index is 1100. The van der Waals surface area contributed by atoms with Gasteiger partial charge in [0.25, 0.3) is 0 Å². The number of nitrogens with zero attached hydrogens (tertiary/aromatic N) is 5. The van der Waals surface area contributed by atoms with Crippen molar-refractivity contribution in [3.05, 3.63) is 102 Å². The summed E-state index contributed by atoms with van der Waals surface area (Å²) in [6, 6.07) is 13.3. The number of pyridine rings is 1. The largest absolute Gasteiger partial charge is 0.337 e. The number of imidazole rings is 1. The van der Waals surface area contributed by atoms with Crippen molar-refractivity contribution in [3.8, 4) is 5.69 Å². The summed E-state index contributed by atoms with van der Waals surface area (Å²) >= 11 is 0. The maximum absolute atomic E-state index is 14.4. The number of aryl methyl sites for hydroxylation is 2. The molecule has 0 aliphatic heterocycles. The van der Waals surface area contributed by atoms with Gasteiger partial charge in [-0.3, -0.25) is 9.88 Å². The van der Waals surface area contributed by atoms with Gasteiger partial charge in [-0.2, -0.15) is 0 Å². The van der Waals surface area contributed by atoms with Crippen molar-refractivity contribution < 1.29 is 4.39 Å². The second-order valence-corrected chi connectivity index (χ2v) is 7.90. The molecule has 0 atom stereocenters. The van der Waals surface area contributed by atoms with Gasteiger partial charge in [0.05, 0.1) is 18.2 Å². The highest BCUT2D eigenvalue weighted by Crippen LogP contribution is 2.23. The van der Waals surface area contributed by atoms with E-state index in [1.807, 2.05) is 36.9 Å². The predicted molar refractivity (Wildman–Crippen MR) is 120 cm³/mol. The highest BCUT2D eigenvalue weighted by Gasteiger charge is 2.16. The molecule has 0 bridgehead atoms. The summed E-state index contributed by atoms with van der Waals surface area (Å²) in [5.41, 5.74) is 5.40. The summed E-state index contributed by atoms with van der Waals surface area (Å²) in [5, 5.41) is 0. The molecular weight excluding hydrogens is 389 g/mol. The Morgan fingerprint density at radius 1 is 0.968 bits per heavy atom. The van der Waals surface area contributed by atoms with Crippen LogP contribution in [0.3, 0.4) is 0 Å². The summed E-state index contributed by atoms with van der Waals surface area (Å²) in [6.45, 7) is 7.35. The normalized spacial score (nSPS) is 11.4. The maximum Gasteiger partial charge on any atom is 0.127 e. The van der Waals surface area contributed by atoms with Crippen LogP contribution in [-0.2, 0) is 19.6 Å². The van der Waals surface area contributed by atoms with Crippen LogP contribution in [0, 0.1) is 19.7 Å². The zero-order valence-electron chi connectivity index (χ0n) is 18.1. The first kappa shape index (κ1) is 21.0. The zero-order valence-corrected chi connectivity index (χ0v) is 18.1. The molecule has 3 aromatic heterocycles. The molecule has 0 fully saturated rings. The van der Waals surface area contributed by atoms with Gasteiger partial charge >= 0.3 is 0 Å². The van der Waals surface area contributed by atoms with Crippen LogP contribution in [0.15, 0.2) is 73.6 Å². The monoisotopic (exact) mass is 417 g/mol. The Labute approximate surface area is 182 Å². The summed E-state index contributed by atoms with van der Waals surface area (Å²) in [4.78, 5) is 10.7. The van der Waals surface area contributed by atoms with E-state index in [0.29, 0.717) is 6.54 Å². The molecule has 1 aromatic carbocycles. The Hall–Kier alpha value is -3.25. The molecule has 0 unspecified atom stereocenters. The van der Waals surface area contributed by atoms with Gasteiger partial charge < -0.3 is 9.13 Å². The number of rotatable bonds is 9. The highest BCUT2D eigenvalue weighted by atomic mass is 19.1. The molecule has 0 N–H and O–H groups in total. The quantitative estimate of drug-likeness (QED) is 0.388. The van der Waals surface area contributed by atoms with E-state index in [4.69, 9.17) is 0 Å². The van der Waals surface area contributed by atoms with Crippen LogP contribution in [0.1, 0.15) is 28.9 Å². The van der Waals surface area contributed by atoms with Gasteiger partial charge in [-0.1, -0.05) is 18.2 Å². The average molecular weight is 418 g/mol. The van der Waals surface area contributed by atoms with Crippen LogP contribution >= 0.6 is 0 Å². The minimum atomic E-state index is -0.150. The van der Waals surface area contributed by atoms with Gasteiger partial charge in [0.15, 0.2) is 0 Å². The van der Waals surface area contributed by atoms with Gasteiger partial charge in [0.2, 0.25) is 0 Å². The van der Waals surface area contributed by atoms with E-state index in [2.05, 4.69) is 50.0 Å². The lowest BCUT2D eigenvalue weighted by Crippen LogP contribution is -2.25. The molecule has 6 heteroatoms. The molecule has 160 valence electrons. The molecule has 0 aliphatic rings. The van der Waals surface area contributed by atoms with E-state index in [9.17, 15) is 4.39 Å². The van der Waals surface area contributed by atoms with Crippen molar-refractivity contribution in [2.24, 2.45) is 0 Å². The number of halogens is 1. The fraction of sp³-hybridized carbons (Fsp3) is 0.280. The lowest BCUT2D eigenvalue weighted by molar-refractivity contribution is 0.244. The average Bonchev–Trinajstić information content (AvgIpc) is 3.38. The van der Waals surface area contributed by atoms with Crippen LogP contribution in [0.4, 0.5) is 4.39 Å². The van der Waals surface area contributed by atoms with Crippen LogP contribution in [0.5, 0.6) is 0 Å². The SMILES string of the molecule is Cc1cc(CN(CCCn2ccnc2)Cc2ccccc2F)c(C)n1-c1cccnc1. The van der Waals surface area contributed by atoms with Crippen LogP contribution in [-0.4, -0.2) is 30.5 Å². The van der Waals surface area contributed by atoms with Crippen LogP contribution in [0.25, 0.3) is 5.69 Å². The fourth-order valence-corrected chi connectivity index (χ4v) is 4.09. The molecule has 4 rings (SSSR count). The molecule has 5 nitrogen and oxygen atoms in total. The Balaban J connectivity index is 1.54. The van der Waals surface area contributed by atoms with Gasteiger partial charge in [-0.05, 0) is 50.1 Å². The molecule has 4 aromatic rings. The second-order valence-electron chi connectivity index (χ2n) is 7.90. The van der Waals surface area contributed by atoms with Crippen LogP contribution in [0.2, 0.25) is 0 Å². The fourth-order valence-electron chi connectivity index (χ4n) is 4.09. The lowest BCUT2D eigenvalue weighted by Gasteiger charge is -2.23. The topological polar surface area (TPSA) is 38.9 Å². The van der Waals surface area contributed by atoms with Gasteiger partial charge in [-0.25, -0.2) is 9.37 Å². The summed E-state index contributed by atoms with van der Waals surface area (Å²) in [6.07, 6.45) is 10.2. The Kier molecular flexibility index (Phi) is 6.57. The van der Waals surface area contributed by atoms with Gasteiger partial charge in [-0.15, -0.1) is 0 Å². The third-order valence-corrected chi connectivity index (χ3v) is 5.64. The first-order valence-corrected chi connectivity index (χ1v) is 10.6. The van der Waals surface area contributed by atoms with Crippen LogP contribution < -0.4 is 0 Å². The second kappa shape index (κ2) is 9.71. The van der Waals surface area contributed by atoms with E-state index < -0.39 is 0 Å². The minimum Gasteiger partial charge on any atom is -0.337 e. The van der Waals surface area contributed by atoms with Crippen molar-refractivity contribution in [1.82, 2.24) is 24.0 Å². The Morgan fingerprint density at radius 2 is 1.81 bits per heavy atom. The third-order valence-electron chi connectivity index (χ3n) is 5.64. The lowest BCUT2D eigenvalue weighted by atomic mass is 10.1. The van der Waals surface area contributed by atoms with E-state index in [-0.39, 0.29) is 5.82 Å². The molecular formula is C25H28FN5.